The normalized spacial score (nSPS) is 13.4. The molecule has 0 saturated heterocycles. The van der Waals surface area contributed by atoms with E-state index in [1.165, 1.54) is 0 Å². The van der Waals surface area contributed by atoms with E-state index in [1.54, 1.807) is 27.7 Å². The third kappa shape index (κ3) is 4.76. The summed E-state index contributed by atoms with van der Waals surface area (Å²) < 4.78 is 9.45. The smallest absolute Gasteiger partial charge is 0.413 e. The number of esters is 1. The van der Waals surface area contributed by atoms with Crippen LogP contribution in [-0.2, 0) is 14.3 Å². The fourth-order valence-electron chi connectivity index (χ4n) is 0.726. The molecule has 0 aliphatic rings. The molecule has 0 aliphatic carbocycles. The summed E-state index contributed by atoms with van der Waals surface area (Å²) in [4.78, 5) is 20.7. The zero-order valence-corrected chi connectivity index (χ0v) is 8.77. The monoisotopic (exact) mass is 205 g/mol. The number of nitro groups is 1. The van der Waals surface area contributed by atoms with E-state index in [9.17, 15) is 14.9 Å². The predicted molar refractivity (Wildman–Crippen MR) is 48.3 cm³/mol. The highest BCUT2D eigenvalue weighted by atomic mass is 16.7. The van der Waals surface area contributed by atoms with Crippen LogP contribution in [0.15, 0.2) is 0 Å². The second-order valence-corrected chi connectivity index (χ2v) is 3.62. The fraction of sp³-hybridized carbons (Fsp3) is 0.875. The van der Waals surface area contributed by atoms with Crippen LogP contribution in [0.4, 0.5) is 0 Å². The van der Waals surface area contributed by atoms with Crippen molar-refractivity contribution >= 4 is 5.97 Å². The van der Waals surface area contributed by atoms with Gasteiger partial charge in [-0.05, 0) is 27.7 Å². The van der Waals surface area contributed by atoms with Crippen molar-refractivity contribution in [1.82, 2.24) is 0 Å². The van der Waals surface area contributed by atoms with Crippen LogP contribution in [0, 0.1) is 10.1 Å². The van der Waals surface area contributed by atoms with Gasteiger partial charge in [0.05, 0.1) is 17.1 Å². The van der Waals surface area contributed by atoms with Crippen molar-refractivity contribution in [2.75, 3.05) is 6.61 Å². The van der Waals surface area contributed by atoms with Gasteiger partial charge in [-0.1, -0.05) is 0 Å². The molecule has 0 saturated carbocycles. The first-order valence-electron chi connectivity index (χ1n) is 4.26. The zero-order valence-electron chi connectivity index (χ0n) is 8.77. The maximum absolute atomic E-state index is 11.1. The van der Waals surface area contributed by atoms with Gasteiger partial charge in [-0.15, -0.1) is 0 Å². The van der Waals surface area contributed by atoms with Crippen LogP contribution in [0.25, 0.3) is 0 Å². The molecule has 0 bridgehead atoms. The summed E-state index contributed by atoms with van der Waals surface area (Å²) in [7, 11) is 0. The fourth-order valence-corrected chi connectivity index (χ4v) is 0.726. The molecule has 0 radical (unpaired) electrons. The quantitative estimate of drug-likeness (QED) is 0.295. The molecule has 0 amide bonds. The Hall–Kier alpha value is -1.17. The molecule has 0 spiro atoms. The number of ether oxygens (including phenoxy) is 2. The van der Waals surface area contributed by atoms with Crippen molar-refractivity contribution in [3.63, 3.8) is 0 Å². The Kier molecular flexibility index (Phi) is 4.49. The van der Waals surface area contributed by atoms with Crippen LogP contribution in [-0.4, -0.2) is 29.3 Å². The van der Waals surface area contributed by atoms with E-state index in [1.807, 2.05) is 0 Å². The van der Waals surface area contributed by atoms with Gasteiger partial charge in [0.25, 0.3) is 0 Å². The summed E-state index contributed by atoms with van der Waals surface area (Å²) in [5.41, 5.74) is -0.759. The second-order valence-electron chi connectivity index (χ2n) is 3.62. The average molecular weight is 205 g/mol. The van der Waals surface area contributed by atoms with E-state index in [2.05, 4.69) is 4.74 Å². The molecule has 6 nitrogen and oxygen atoms in total. The van der Waals surface area contributed by atoms with Crippen LogP contribution in [0.1, 0.15) is 27.7 Å². The minimum atomic E-state index is -1.74. The number of hydrogen-bond donors (Lipinski definition) is 0. The number of nitrogens with zero attached hydrogens (tertiary/aromatic N) is 1. The summed E-state index contributed by atoms with van der Waals surface area (Å²) in [6.45, 7) is 6.55. The first-order valence-corrected chi connectivity index (χ1v) is 4.26. The van der Waals surface area contributed by atoms with E-state index < -0.39 is 22.7 Å². The SMILES string of the molecule is CCOC(=O)C(OC(C)(C)C)[N+](=O)[O-]. The maximum atomic E-state index is 11.1. The number of hydrogen-bond acceptors (Lipinski definition) is 5. The van der Waals surface area contributed by atoms with Crippen LogP contribution >= 0.6 is 0 Å². The largest absolute Gasteiger partial charge is 0.459 e. The van der Waals surface area contributed by atoms with Gasteiger partial charge < -0.3 is 9.47 Å². The van der Waals surface area contributed by atoms with E-state index in [-0.39, 0.29) is 6.61 Å². The summed E-state index contributed by atoms with van der Waals surface area (Å²) >= 11 is 0. The van der Waals surface area contributed by atoms with Crippen LogP contribution in [0.5, 0.6) is 0 Å². The highest BCUT2D eigenvalue weighted by Crippen LogP contribution is 2.12. The molecule has 0 aromatic rings. The molecule has 0 rings (SSSR count). The molecule has 0 N–H and O–H groups in total. The molecule has 6 heteroatoms. The van der Waals surface area contributed by atoms with Gasteiger partial charge in [0.1, 0.15) is 0 Å². The second kappa shape index (κ2) is 4.90. The van der Waals surface area contributed by atoms with E-state index in [0.717, 1.165) is 0 Å². The Balaban J connectivity index is 4.45. The lowest BCUT2D eigenvalue weighted by Crippen LogP contribution is -2.40. The molecule has 1 unspecified atom stereocenters. The van der Waals surface area contributed by atoms with Crippen LogP contribution in [0.2, 0.25) is 0 Å². The minimum absolute atomic E-state index is 0.0939. The zero-order chi connectivity index (χ0) is 11.4. The highest BCUT2D eigenvalue weighted by molar-refractivity contribution is 5.72. The van der Waals surface area contributed by atoms with Gasteiger partial charge in [-0.3, -0.25) is 10.1 Å². The molecule has 82 valence electrons. The number of carbonyl (C=O) groups excluding carboxylic acids is 1. The van der Waals surface area contributed by atoms with Gasteiger partial charge in [-0.25, -0.2) is 4.79 Å². The van der Waals surface area contributed by atoms with Crippen molar-refractivity contribution in [2.24, 2.45) is 0 Å². The van der Waals surface area contributed by atoms with Crippen molar-refractivity contribution in [2.45, 2.75) is 39.5 Å². The Labute approximate surface area is 82.3 Å². The maximum Gasteiger partial charge on any atom is 0.413 e. The highest BCUT2D eigenvalue weighted by Gasteiger charge is 2.36. The van der Waals surface area contributed by atoms with E-state index in [0.29, 0.717) is 0 Å². The van der Waals surface area contributed by atoms with Gasteiger partial charge >= 0.3 is 12.2 Å². The third-order valence-corrected chi connectivity index (χ3v) is 1.14. The molecule has 0 fully saturated rings. The Morgan fingerprint density at radius 2 is 2.00 bits per heavy atom. The minimum Gasteiger partial charge on any atom is -0.459 e. The predicted octanol–water partition coefficient (Wildman–Crippen LogP) is 0.967. The lowest BCUT2D eigenvalue weighted by Gasteiger charge is -2.20. The standard InChI is InChI=1S/C8H15NO5/c1-5-13-7(10)6(9(11)12)14-8(2,3)4/h6H,5H2,1-4H3. The summed E-state index contributed by atoms with van der Waals surface area (Å²) in [6.07, 6.45) is -1.74. The lowest BCUT2D eigenvalue weighted by molar-refractivity contribution is -0.569. The first-order chi connectivity index (χ1) is 6.28. The van der Waals surface area contributed by atoms with Crippen molar-refractivity contribution in [1.29, 1.82) is 0 Å². The Morgan fingerprint density at radius 3 is 2.29 bits per heavy atom. The van der Waals surface area contributed by atoms with E-state index >= 15 is 0 Å². The van der Waals surface area contributed by atoms with Crippen molar-refractivity contribution in [3.05, 3.63) is 10.1 Å². The summed E-state index contributed by atoms with van der Waals surface area (Å²) in [5, 5.41) is 10.5. The first kappa shape index (κ1) is 12.8. The molecular weight excluding hydrogens is 190 g/mol. The van der Waals surface area contributed by atoms with Crippen LogP contribution in [0.3, 0.4) is 0 Å². The van der Waals surface area contributed by atoms with Crippen LogP contribution < -0.4 is 0 Å². The van der Waals surface area contributed by atoms with Crippen molar-refractivity contribution in [3.8, 4) is 0 Å². The number of carbonyl (C=O) groups is 1. The molecule has 0 aliphatic heterocycles. The Bertz CT molecular complexity index is 220. The van der Waals surface area contributed by atoms with Gasteiger partial charge in [-0.2, -0.15) is 0 Å². The van der Waals surface area contributed by atoms with Gasteiger partial charge in [0.15, 0.2) is 0 Å². The molecule has 0 aromatic carbocycles. The number of rotatable bonds is 4. The molecule has 0 aromatic heterocycles. The van der Waals surface area contributed by atoms with Gasteiger partial charge in [0, 0.05) is 0 Å². The molecule has 0 heterocycles. The van der Waals surface area contributed by atoms with Gasteiger partial charge in [0.2, 0.25) is 0 Å². The third-order valence-electron chi connectivity index (χ3n) is 1.14. The lowest BCUT2D eigenvalue weighted by atomic mass is 10.2. The average Bonchev–Trinajstić information content (AvgIpc) is 1.98. The summed E-state index contributed by atoms with van der Waals surface area (Å²) in [6, 6.07) is 0. The Morgan fingerprint density at radius 1 is 1.50 bits per heavy atom. The molecule has 14 heavy (non-hydrogen) atoms. The molecular formula is C8H15NO5. The van der Waals surface area contributed by atoms with E-state index in [4.69, 9.17) is 4.74 Å². The van der Waals surface area contributed by atoms with Crippen molar-refractivity contribution < 1.29 is 19.2 Å². The molecule has 1 atom stereocenters. The topological polar surface area (TPSA) is 78.7 Å². The summed E-state index contributed by atoms with van der Waals surface area (Å²) in [5.74, 6) is -0.965.